The maximum Gasteiger partial charge on any atom is 0.238 e. The Balaban J connectivity index is 1.47. The number of hydrogen-bond donors (Lipinski definition) is 0. The van der Waals surface area contributed by atoms with Gasteiger partial charge in [0.1, 0.15) is 0 Å². The van der Waals surface area contributed by atoms with Crippen molar-refractivity contribution >= 4 is 17.5 Å². The molecular formula is C23H19NO2. The number of amides is 2. The fraction of sp³-hybridized carbons (Fsp3) is 0.304. The van der Waals surface area contributed by atoms with Crippen molar-refractivity contribution in [3.63, 3.8) is 0 Å². The van der Waals surface area contributed by atoms with E-state index in [1.807, 2.05) is 54.6 Å². The molecule has 2 amide bonds. The van der Waals surface area contributed by atoms with E-state index in [0.717, 1.165) is 16.8 Å². The first kappa shape index (κ1) is 14.5. The fourth-order valence-corrected chi connectivity index (χ4v) is 5.72. The molecule has 2 saturated carbocycles. The van der Waals surface area contributed by atoms with Crippen LogP contribution in [0, 0.1) is 35.5 Å². The van der Waals surface area contributed by atoms with Crippen LogP contribution >= 0.6 is 0 Å². The van der Waals surface area contributed by atoms with E-state index in [0.29, 0.717) is 11.8 Å². The number of nitrogens with zero attached hydrogens (tertiary/aromatic N) is 1. The van der Waals surface area contributed by atoms with E-state index < -0.39 is 0 Å². The predicted molar refractivity (Wildman–Crippen MR) is 99.1 cm³/mol. The molecule has 0 aromatic heterocycles. The Bertz CT molecular complexity index is 927. The lowest BCUT2D eigenvalue weighted by atomic mass is 9.63. The van der Waals surface area contributed by atoms with Gasteiger partial charge in [0.05, 0.1) is 17.5 Å². The third kappa shape index (κ3) is 1.73. The lowest BCUT2D eigenvalue weighted by molar-refractivity contribution is -0.124. The SMILES string of the molecule is O=C1[C@@H]2[C@H]3C=C[C@@H]([C@@H]4C[C@@H]34)[C@H]2C(=O)N1c1ccccc1-c1ccccc1. The fourth-order valence-electron chi connectivity index (χ4n) is 5.72. The summed E-state index contributed by atoms with van der Waals surface area (Å²) >= 11 is 0. The highest BCUT2D eigenvalue weighted by molar-refractivity contribution is 6.24. The van der Waals surface area contributed by atoms with Crippen molar-refractivity contribution < 1.29 is 9.59 Å². The highest BCUT2D eigenvalue weighted by Gasteiger charge is 2.67. The van der Waals surface area contributed by atoms with Crippen molar-refractivity contribution in [2.24, 2.45) is 35.5 Å². The highest BCUT2D eigenvalue weighted by atomic mass is 16.2. The van der Waals surface area contributed by atoms with Crippen molar-refractivity contribution in [1.29, 1.82) is 0 Å². The van der Waals surface area contributed by atoms with Crippen LogP contribution in [0.2, 0.25) is 0 Å². The monoisotopic (exact) mass is 341 g/mol. The molecule has 3 heteroatoms. The lowest BCUT2D eigenvalue weighted by Gasteiger charge is -2.37. The molecule has 1 heterocycles. The smallest absolute Gasteiger partial charge is 0.238 e. The Hall–Kier alpha value is -2.68. The van der Waals surface area contributed by atoms with Crippen molar-refractivity contribution in [3.8, 4) is 11.1 Å². The molecule has 4 aliphatic carbocycles. The number of imide groups is 1. The Labute approximate surface area is 152 Å². The van der Waals surface area contributed by atoms with Crippen molar-refractivity contribution in [3.05, 3.63) is 66.7 Å². The summed E-state index contributed by atoms with van der Waals surface area (Å²) in [6.07, 6.45) is 5.63. The van der Waals surface area contributed by atoms with E-state index in [1.165, 1.54) is 11.3 Å². The first-order chi connectivity index (χ1) is 12.8. The van der Waals surface area contributed by atoms with Crippen LogP contribution in [0.3, 0.4) is 0 Å². The quantitative estimate of drug-likeness (QED) is 0.613. The Morgan fingerprint density at radius 2 is 1.31 bits per heavy atom. The van der Waals surface area contributed by atoms with E-state index in [-0.39, 0.29) is 35.5 Å². The highest BCUT2D eigenvalue weighted by Crippen LogP contribution is 2.65. The second-order valence-corrected chi connectivity index (χ2v) is 8.05. The minimum absolute atomic E-state index is 0.00748. The number of benzene rings is 2. The molecule has 2 aromatic carbocycles. The molecule has 26 heavy (non-hydrogen) atoms. The summed E-state index contributed by atoms with van der Waals surface area (Å²) in [5.74, 6) is 1.51. The summed E-state index contributed by atoms with van der Waals surface area (Å²) in [6, 6.07) is 17.8. The molecule has 0 unspecified atom stereocenters. The van der Waals surface area contributed by atoms with Gasteiger partial charge in [-0.2, -0.15) is 0 Å². The number of hydrogen-bond acceptors (Lipinski definition) is 2. The topological polar surface area (TPSA) is 37.4 Å². The summed E-state index contributed by atoms with van der Waals surface area (Å²) in [6.45, 7) is 0. The molecule has 0 radical (unpaired) electrons. The zero-order chi connectivity index (χ0) is 17.4. The molecule has 1 saturated heterocycles. The van der Waals surface area contributed by atoms with Crippen LogP contribution in [0.4, 0.5) is 5.69 Å². The Kier molecular flexibility index (Phi) is 2.75. The summed E-state index contributed by atoms with van der Waals surface area (Å²) < 4.78 is 0. The molecule has 7 rings (SSSR count). The molecule has 0 spiro atoms. The number of carbonyl (C=O) groups is 2. The first-order valence-electron chi connectivity index (χ1n) is 9.46. The van der Waals surface area contributed by atoms with Crippen molar-refractivity contribution in [2.75, 3.05) is 4.90 Å². The maximum atomic E-state index is 13.4. The number of rotatable bonds is 2. The average Bonchev–Trinajstić information content (AvgIpc) is 3.47. The molecule has 2 aromatic rings. The minimum Gasteiger partial charge on any atom is -0.274 e. The molecule has 2 bridgehead atoms. The second kappa shape index (κ2) is 4.94. The van der Waals surface area contributed by atoms with Gasteiger partial charge in [0.2, 0.25) is 11.8 Å². The standard InChI is InChI=1S/C23H19NO2/c25-22-20-15-10-11-16(18-12-17(15)18)21(20)23(26)24(22)19-9-5-4-8-14(19)13-6-2-1-3-7-13/h1-11,15-18,20-21H,12H2/t15-,16-,17-,18-,20+,21+/m0/s1. The number of anilines is 1. The first-order valence-corrected chi connectivity index (χ1v) is 9.46. The molecule has 1 aliphatic heterocycles. The zero-order valence-electron chi connectivity index (χ0n) is 14.3. The van der Waals surface area contributed by atoms with Gasteiger partial charge in [0.25, 0.3) is 0 Å². The van der Waals surface area contributed by atoms with Crippen molar-refractivity contribution in [1.82, 2.24) is 0 Å². The molecule has 5 aliphatic rings. The van der Waals surface area contributed by atoms with E-state index in [1.54, 1.807) is 0 Å². The normalized spacial score (nSPS) is 36.2. The summed E-state index contributed by atoms with van der Waals surface area (Å²) in [4.78, 5) is 28.2. The van der Waals surface area contributed by atoms with Gasteiger partial charge in [0.15, 0.2) is 0 Å². The molecule has 128 valence electrons. The summed E-state index contributed by atoms with van der Waals surface area (Å²) in [7, 11) is 0. The van der Waals surface area contributed by atoms with Crippen LogP contribution < -0.4 is 4.90 Å². The molecular weight excluding hydrogens is 322 g/mol. The maximum absolute atomic E-state index is 13.4. The van der Waals surface area contributed by atoms with Crippen LogP contribution in [-0.4, -0.2) is 11.8 Å². The van der Waals surface area contributed by atoms with Crippen LogP contribution in [0.15, 0.2) is 66.7 Å². The minimum atomic E-state index is -0.148. The largest absolute Gasteiger partial charge is 0.274 e. The van der Waals surface area contributed by atoms with E-state index in [9.17, 15) is 9.59 Å². The van der Waals surface area contributed by atoms with Crippen LogP contribution in [0.25, 0.3) is 11.1 Å². The van der Waals surface area contributed by atoms with Crippen molar-refractivity contribution in [2.45, 2.75) is 6.42 Å². The molecule has 0 N–H and O–H groups in total. The van der Waals surface area contributed by atoms with E-state index in [4.69, 9.17) is 0 Å². The summed E-state index contributed by atoms with van der Waals surface area (Å²) in [5.41, 5.74) is 2.71. The van der Waals surface area contributed by atoms with Gasteiger partial charge in [-0.15, -0.1) is 0 Å². The zero-order valence-corrected chi connectivity index (χ0v) is 14.3. The predicted octanol–water partition coefficient (Wildman–Crippen LogP) is 3.91. The van der Waals surface area contributed by atoms with Gasteiger partial charge in [-0.05, 0) is 41.7 Å². The Morgan fingerprint density at radius 3 is 1.96 bits per heavy atom. The van der Waals surface area contributed by atoms with Crippen LogP contribution in [0.5, 0.6) is 0 Å². The van der Waals surface area contributed by atoms with Crippen LogP contribution in [0.1, 0.15) is 6.42 Å². The lowest BCUT2D eigenvalue weighted by Crippen LogP contribution is -2.40. The Morgan fingerprint density at radius 1 is 0.731 bits per heavy atom. The third-order valence-electron chi connectivity index (χ3n) is 6.89. The van der Waals surface area contributed by atoms with Gasteiger partial charge in [0, 0.05) is 5.56 Å². The van der Waals surface area contributed by atoms with E-state index >= 15 is 0 Å². The third-order valence-corrected chi connectivity index (χ3v) is 6.89. The van der Waals surface area contributed by atoms with Gasteiger partial charge in [-0.25, -0.2) is 4.90 Å². The van der Waals surface area contributed by atoms with Gasteiger partial charge in [-0.3, -0.25) is 9.59 Å². The van der Waals surface area contributed by atoms with Crippen LogP contribution in [-0.2, 0) is 9.59 Å². The number of carbonyl (C=O) groups excluding carboxylic acids is 2. The van der Waals surface area contributed by atoms with Gasteiger partial charge in [-0.1, -0.05) is 60.7 Å². The van der Waals surface area contributed by atoms with Gasteiger partial charge < -0.3 is 0 Å². The molecule has 3 nitrogen and oxygen atoms in total. The molecule has 3 fully saturated rings. The summed E-state index contributed by atoms with van der Waals surface area (Å²) in [5, 5.41) is 0. The molecule has 6 atom stereocenters. The number of allylic oxidation sites excluding steroid dienone is 2. The average molecular weight is 341 g/mol. The number of para-hydroxylation sites is 1. The van der Waals surface area contributed by atoms with Gasteiger partial charge >= 0.3 is 0 Å². The second-order valence-electron chi connectivity index (χ2n) is 8.05. The van der Waals surface area contributed by atoms with E-state index in [2.05, 4.69) is 12.2 Å².